The van der Waals surface area contributed by atoms with E-state index in [2.05, 4.69) is 0 Å². The molecule has 0 fully saturated rings. The molecule has 2 aromatic carbocycles. The van der Waals surface area contributed by atoms with Gasteiger partial charge in [0.15, 0.2) is 11.5 Å². The molecule has 140 valence electrons. The maximum absolute atomic E-state index is 12.9. The van der Waals surface area contributed by atoms with Crippen LogP contribution in [-0.4, -0.2) is 29.0 Å². The summed E-state index contributed by atoms with van der Waals surface area (Å²) in [7, 11) is 1.49. The van der Waals surface area contributed by atoms with Gasteiger partial charge in [0.05, 0.1) is 24.4 Å². The van der Waals surface area contributed by atoms with E-state index in [9.17, 15) is 19.8 Å². The quantitative estimate of drug-likeness (QED) is 0.844. The number of aromatic hydroxyl groups is 1. The number of para-hydroxylation sites is 2. The van der Waals surface area contributed by atoms with Crippen molar-refractivity contribution in [2.75, 3.05) is 12.0 Å². The van der Waals surface area contributed by atoms with E-state index in [0.29, 0.717) is 17.0 Å². The van der Waals surface area contributed by atoms with E-state index in [1.807, 2.05) is 0 Å². The lowest BCUT2D eigenvalue weighted by Crippen LogP contribution is -2.31. The molecule has 0 saturated carbocycles. The van der Waals surface area contributed by atoms with E-state index >= 15 is 0 Å². The SMILES string of the molecule is COc1ccccc1N1C(=O)C(O)=C(C(=O)C(C)C)C1c1ccc(O)cc1. The topological polar surface area (TPSA) is 87.1 Å². The van der Waals surface area contributed by atoms with Crippen molar-refractivity contribution < 1.29 is 24.5 Å². The highest BCUT2D eigenvalue weighted by molar-refractivity contribution is 6.17. The first-order valence-electron chi connectivity index (χ1n) is 8.59. The number of ketones is 1. The van der Waals surface area contributed by atoms with Gasteiger partial charge in [-0.25, -0.2) is 0 Å². The van der Waals surface area contributed by atoms with Crippen LogP contribution < -0.4 is 9.64 Å². The third-order valence-electron chi connectivity index (χ3n) is 4.55. The van der Waals surface area contributed by atoms with Gasteiger partial charge in [-0.1, -0.05) is 38.1 Å². The van der Waals surface area contributed by atoms with Crippen LogP contribution in [0.3, 0.4) is 0 Å². The van der Waals surface area contributed by atoms with E-state index < -0.39 is 23.6 Å². The van der Waals surface area contributed by atoms with Crippen molar-refractivity contribution in [1.82, 2.24) is 0 Å². The van der Waals surface area contributed by atoms with Crippen LogP contribution in [0.5, 0.6) is 11.5 Å². The van der Waals surface area contributed by atoms with Crippen LogP contribution in [0.1, 0.15) is 25.5 Å². The van der Waals surface area contributed by atoms with Gasteiger partial charge in [0.1, 0.15) is 11.5 Å². The number of rotatable bonds is 5. The van der Waals surface area contributed by atoms with Crippen LogP contribution in [0.25, 0.3) is 0 Å². The molecule has 6 nitrogen and oxygen atoms in total. The van der Waals surface area contributed by atoms with Crippen molar-refractivity contribution in [2.45, 2.75) is 19.9 Å². The van der Waals surface area contributed by atoms with Crippen LogP contribution in [0.2, 0.25) is 0 Å². The molecule has 1 atom stereocenters. The summed E-state index contributed by atoms with van der Waals surface area (Å²) in [6, 6.07) is 12.3. The normalized spacial score (nSPS) is 17.0. The number of phenols is 1. The second kappa shape index (κ2) is 7.15. The van der Waals surface area contributed by atoms with Gasteiger partial charge >= 0.3 is 0 Å². The average Bonchev–Trinajstić information content (AvgIpc) is 2.92. The van der Waals surface area contributed by atoms with Gasteiger partial charge in [0, 0.05) is 5.92 Å². The number of hydrogen-bond acceptors (Lipinski definition) is 5. The first-order valence-corrected chi connectivity index (χ1v) is 8.59. The molecule has 0 aromatic heterocycles. The molecule has 3 rings (SSSR count). The van der Waals surface area contributed by atoms with E-state index in [0.717, 1.165) is 0 Å². The number of amides is 1. The van der Waals surface area contributed by atoms with E-state index in [1.54, 1.807) is 50.2 Å². The summed E-state index contributed by atoms with van der Waals surface area (Å²) < 4.78 is 5.37. The Morgan fingerprint density at radius 2 is 1.70 bits per heavy atom. The molecule has 1 amide bonds. The van der Waals surface area contributed by atoms with Crippen LogP contribution in [-0.2, 0) is 9.59 Å². The minimum Gasteiger partial charge on any atom is -0.508 e. The number of aliphatic hydroxyl groups excluding tert-OH is 1. The molecule has 0 saturated heterocycles. The minimum absolute atomic E-state index is 0.0478. The summed E-state index contributed by atoms with van der Waals surface area (Å²) in [5.74, 6) is -1.42. The number of ether oxygens (including phenoxy) is 1. The van der Waals surface area contributed by atoms with Crippen LogP contribution in [0.15, 0.2) is 59.9 Å². The van der Waals surface area contributed by atoms with Gasteiger partial charge in [-0.3, -0.25) is 14.5 Å². The Morgan fingerprint density at radius 3 is 2.30 bits per heavy atom. The van der Waals surface area contributed by atoms with Gasteiger partial charge in [-0.05, 0) is 29.8 Å². The lowest BCUT2D eigenvalue weighted by molar-refractivity contribution is -0.119. The molecular formula is C21H21NO5. The lowest BCUT2D eigenvalue weighted by Gasteiger charge is -2.28. The van der Waals surface area contributed by atoms with E-state index in [1.165, 1.54) is 24.1 Å². The predicted octanol–water partition coefficient (Wildman–Crippen LogP) is 3.53. The zero-order valence-electron chi connectivity index (χ0n) is 15.3. The monoisotopic (exact) mass is 367 g/mol. The summed E-state index contributed by atoms with van der Waals surface area (Å²) in [4.78, 5) is 27.1. The smallest absolute Gasteiger partial charge is 0.294 e. The number of carbonyl (C=O) groups excluding carboxylic acids is 2. The molecule has 1 aliphatic rings. The molecule has 0 radical (unpaired) electrons. The largest absolute Gasteiger partial charge is 0.508 e. The van der Waals surface area contributed by atoms with Crippen molar-refractivity contribution in [1.29, 1.82) is 0 Å². The first-order chi connectivity index (χ1) is 12.9. The summed E-state index contributed by atoms with van der Waals surface area (Å²) in [5.41, 5.74) is 1.09. The van der Waals surface area contributed by atoms with Gasteiger partial charge in [-0.15, -0.1) is 0 Å². The summed E-state index contributed by atoms with van der Waals surface area (Å²) >= 11 is 0. The molecule has 1 aliphatic heterocycles. The Labute approximate surface area is 157 Å². The second-order valence-corrected chi connectivity index (χ2v) is 6.62. The number of Topliss-reactive ketones (excluding diaryl/α,β-unsaturated/α-hetero) is 1. The van der Waals surface area contributed by atoms with E-state index in [-0.39, 0.29) is 17.1 Å². The second-order valence-electron chi connectivity index (χ2n) is 6.62. The Kier molecular flexibility index (Phi) is 4.90. The molecule has 27 heavy (non-hydrogen) atoms. The number of carbonyl (C=O) groups is 2. The Bertz CT molecular complexity index is 914. The molecule has 6 heteroatoms. The minimum atomic E-state index is -0.815. The maximum atomic E-state index is 12.9. The van der Waals surface area contributed by atoms with Gasteiger partial charge in [0.25, 0.3) is 5.91 Å². The third kappa shape index (κ3) is 3.14. The standard InChI is InChI=1S/C21H21NO5/c1-12(2)19(24)17-18(13-8-10-14(23)11-9-13)22(21(26)20(17)25)15-6-4-5-7-16(15)27-3/h4-12,18,23,25H,1-3H3. The highest BCUT2D eigenvalue weighted by Crippen LogP contribution is 2.44. The van der Waals surface area contributed by atoms with Gasteiger partial charge in [0.2, 0.25) is 0 Å². The predicted molar refractivity (Wildman–Crippen MR) is 101 cm³/mol. The third-order valence-corrected chi connectivity index (χ3v) is 4.55. The lowest BCUT2D eigenvalue weighted by atomic mass is 9.91. The maximum Gasteiger partial charge on any atom is 0.294 e. The Balaban J connectivity index is 2.22. The molecule has 1 heterocycles. The Morgan fingerprint density at radius 1 is 1.07 bits per heavy atom. The summed E-state index contributed by atoms with van der Waals surface area (Å²) in [5, 5.41) is 20.1. The molecule has 2 aromatic rings. The zero-order valence-corrected chi connectivity index (χ0v) is 15.3. The van der Waals surface area contributed by atoms with Crippen LogP contribution in [0.4, 0.5) is 5.69 Å². The molecule has 1 unspecified atom stereocenters. The van der Waals surface area contributed by atoms with Crippen LogP contribution in [0, 0.1) is 5.92 Å². The fourth-order valence-corrected chi connectivity index (χ4v) is 3.22. The fourth-order valence-electron chi connectivity index (χ4n) is 3.22. The number of methoxy groups -OCH3 is 1. The highest BCUT2D eigenvalue weighted by Gasteiger charge is 2.45. The number of aliphatic hydroxyl groups is 1. The highest BCUT2D eigenvalue weighted by atomic mass is 16.5. The van der Waals surface area contributed by atoms with Crippen molar-refractivity contribution in [3.63, 3.8) is 0 Å². The van der Waals surface area contributed by atoms with Crippen molar-refractivity contribution in [2.24, 2.45) is 5.92 Å². The number of hydrogen-bond donors (Lipinski definition) is 2. The van der Waals surface area contributed by atoms with Crippen molar-refractivity contribution in [3.05, 3.63) is 65.4 Å². The summed E-state index contributed by atoms with van der Waals surface area (Å²) in [6.45, 7) is 3.43. The van der Waals surface area contributed by atoms with Crippen molar-refractivity contribution >= 4 is 17.4 Å². The number of benzene rings is 2. The molecule has 0 aliphatic carbocycles. The summed E-state index contributed by atoms with van der Waals surface area (Å²) in [6.07, 6.45) is 0. The molecular weight excluding hydrogens is 346 g/mol. The molecule has 0 spiro atoms. The molecule has 0 bridgehead atoms. The Hall–Kier alpha value is -3.28. The van der Waals surface area contributed by atoms with Crippen LogP contribution >= 0.6 is 0 Å². The number of nitrogens with zero attached hydrogens (tertiary/aromatic N) is 1. The van der Waals surface area contributed by atoms with Gasteiger partial charge < -0.3 is 14.9 Å². The zero-order chi connectivity index (χ0) is 19.7. The average molecular weight is 367 g/mol. The van der Waals surface area contributed by atoms with Crippen molar-refractivity contribution in [3.8, 4) is 11.5 Å². The molecule has 2 N–H and O–H groups in total. The number of phenolic OH excluding ortho intramolecular Hbond substituents is 1. The fraction of sp³-hybridized carbons (Fsp3) is 0.238. The van der Waals surface area contributed by atoms with E-state index in [4.69, 9.17) is 4.74 Å². The number of anilines is 1. The first kappa shape index (κ1) is 18.5. The van der Waals surface area contributed by atoms with Gasteiger partial charge in [-0.2, -0.15) is 0 Å².